The highest BCUT2D eigenvalue weighted by Gasteiger charge is 2.34. The monoisotopic (exact) mass is 307 g/mol. The van der Waals surface area contributed by atoms with Crippen molar-refractivity contribution in [1.29, 1.82) is 0 Å². The van der Waals surface area contributed by atoms with Crippen molar-refractivity contribution >= 4 is 27.3 Å². The predicted molar refractivity (Wildman–Crippen MR) is 82.0 cm³/mol. The van der Waals surface area contributed by atoms with E-state index < -0.39 is 10.0 Å². The van der Waals surface area contributed by atoms with Crippen molar-refractivity contribution in [2.45, 2.75) is 18.7 Å². The summed E-state index contributed by atoms with van der Waals surface area (Å²) in [4.78, 5) is 0.311. The van der Waals surface area contributed by atoms with Gasteiger partial charge >= 0.3 is 0 Å². The molecule has 0 fully saturated rings. The van der Waals surface area contributed by atoms with Crippen molar-refractivity contribution in [1.82, 2.24) is 0 Å². The van der Waals surface area contributed by atoms with Crippen LogP contribution in [0.5, 0.6) is 0 Å². The Labute approximate surface area is 123 Å². The topological polar surface area (TPSA) is 37.4 Å². The van der Waals surface area contributed by atoms with E-state index in [-0.39, 0.29) is 0 Å². The van der Waals surface area contributed by atoms with E-state index in [9.17, 15) is 8.42 Å². The molecule has 0 amide bonds. The summed E-state index contributed by atoms with van der Waals surface area (Å²) < 4.78 is 26.6. The number of fused-ring (bicyclic) bond motifs is 3. The Morgan fingerprint density at radius 1 is 1.05 bits per heavy atom. The van der Waals surface area contributed by atoms with Crippen molar-refractivity contribution < 1.29 is 8.42 Å². The third-order valence-electron chi connectivity index (χ3n) is 3.75. The third-order valence-corrected chi connectivity index (χ3v) is 5.80. The summed E-state index contributed by atoms with van der Waals surface area (Å²) in [7, 11) is -1.92. The molecule has 0 saturated carbocycles. The second-order valence-electron chi connectivity index (χ2n) is 5.04. The van der Waals surface area contributed by atoms with Crippen LogP contribution >= 0.6 is 11.6 Å². The van der Waals surface area contributed by atoms with E-state index in [0.717, 1.165) is 22.4 Å². The summed E-state index contributed by atoms with van der Waals surface area (Å²) in [5.41, 5.74) is 4.34. The summed E-state index contributed by atoms with van der Waals surface area (Å²) in [6.45, 7) is 3.90. The molecule has 1 heterocycles. The highest BCUT2D eigenvalue weighted by atomic mass is 35.5. The van der Waals surface area contributed by atoms with Gasteiger partial charge in [-0.1, -0.05) is 23.7 Å². The molecule has 5 heteroatoms. The number of rotatable bonds is 0. The lowest BCUT2D eigenvalue weighted by molar-refractivity contribution is 0.594. The maximum Gasteiger partial charge on any atom is 0.264 e. The van der Waals surface area contributed by atoms with E-state index in [1.807, 2.05) is 26.0 Å². The van der Waals surface area contributed by atoms with Crippen LogP contribution in [0, 0.1) is 13.8 Å². The number of halogens is 1. The summed E-state index contributed by atoms with van der Waals surface area (Å²) in [5, 5.41) is 0.537. The fourth-order valence-electron chi connectivity index (χ4n) is 2.73. The largest absolute Gasteiger partial charge is 0.268 e. The maximum absolute atomic E-state index is 12.6. The zero-order valence-corrected chi connectivity index (χ0v) is 13.0. The van der Waals surface area contributed by atoms with Crippen LogP contribution in [0.15, 0.2) is 35.2 Å². The van der Waals surface area contributed by atoms with Gasteiger partial charge in [-0.05, 0) is 43.2 Å². The Kier molecular flexibility index (Phi) is 2.85. The van der Waals surface area contributed by atoms with Gasteiger partial charge in [-0.3, -0.25) is 4.31 Å². The van der Waals surface area contributed by atoms with Crippen molar-refractivity contribution in [2.24, 2.45) is 0 Å². The second-order valence-corrected chi connectivity index (χ2v) is 7.41. The zero-order valence-electron chi connectivity index (χ0n) is 11.4. The molecule has 0 aromatic heterocycles. The normalized spacial score (nSPS) is 15.7. The predicted octanol–water partition coefficient (Wildman–Crippen LogP) is 3.76. The standard InChI is InChI=1S/C15H14ClNO2S/c1-9-4-5-10(2)15-14(9)12-8-11(16)6-7-13(12)20(18,19)17(15)3/h4-8H,1-3H3. The Morgan fingerprint density at radius 3 is 2.40 bits per heavy atom. The third kappa shape index (κ3) is 1.68. The molecule has 20 heavy (non-hydrogen) atoms. The van der Waals surface area contributed by atoms with E-state index in [0.29, 0.717) is 15.5 Å². The Morgan fingerprint density at radius 2 is 1.70 bits per heavy atom. The minimum absolute atomic E-state index is 0.311. The van der Waals surface area contributed by atoms with Crippen LogP contribution in [0.4, 0.5) is 5.69 Å². The number of hydrogen-bond donors (Lipinski definition) is 0. The number of nitrogens with zero attached hydrogens (tertiary/aromatic N) is 1. The van der Waals surface area contributed by atoms with E-state index in [1.165, 1.54) is 4.31 Å². The molecule has 1 aliphatic heterocycles. The lowest BCUT2D eigenvalue weighted by Crippen LogP contribution is -2.31. The molecule has 0 atom stereocenters. The van der Waals surface area contributed by atoms with Gasteiger partial charge in [-0.2, -0.15) is 0 Å². The van der Waals surface area contributed by atoms with Crippen molar-refractivity contribution in [3.8, 4) is 11.1 Å². The first-order chi connectivity index (χ1) is 9.34. The number of hydrogen-bond acceptors (Lipinski definition) is 2. The van der Waals surface area contributed by atoms with E-state index in [4.69, 9.17) is 11.6 Å². The van der Waals surface area contributed by atoms with Crippen LogP contribution in [0.25, 0.3) is 11.1 Å². The minimum atomic E-state index is -3.52. The molecule has 3 rings (SSSR count). The highest BCUT2D eigenvalue weighted by Crippen LogP contribution is 2.46. The van der Waals surface area contributed by atoms with Crippen LogP contribution in [-0.2, 0) is 10.0 Å². The average Bonchev–Trinajstić information content (AvgIpc) is 2.38. The number of benzene rings is 2. The molecule has 1 aliphatic rings. The summed E-state index contributed by atoms with van der Waals surface area (Å²) in [6.07, 6.45) is 0. The molecule has 0 saturated heterocycles. The van der Waals surface area contributed by atoms with Gasteiger partial charge in [0.05, 0.1) is 10.6 Å². The molecular weight excluding hydrogens is 294 g/mol. The van der Waals surface area contributed by atoms with Gasteiger partial charge in [0.25, 0.3) is 10.0 Å². The van der Waals surface area contributed by atoms with Gasteiger partial charge in [0.2, 0.25) is 0 Å². The molecule has 0 aliphatic carbocycles. The smallest absolute Gasteiger partial charge is 0.264 e. The maximum atomic E-state index is 12.6. The zero-order chi connectivity index (χ0) is 14.7. The van der Waals surface area contributed by atoms with E-state index in [1.54, 1.807) is 25.2 Å². The summed E-state index contributed by atoms with van der Waals surface area (Å²) >= 11 is 6.06. The average molecular weight is 308 g/mol. The summed E-state index contributed by atoms with van der Waals surface area (Å²) in [6, 6.07) is 8.86. The molecule has 3 nitrogen and oxygen atoms in total. The lowest BCUT2D eigenvalue weighted by atomic mass is 9.95. The molecule has 104 valence electrons. The van der Waals surface area contributed by atoms with Crippen LogP contribution in [0.2, 0.25) is 5.02 Å². The fourth-order valence-corrected chi connectivity index (χ4v) is 4.35. The SMILES string of the molecule is Cc1ccc(C)c2c1-c1cc(Cl)ccc1S(=O)(=O)N2C. The lowest BCUT2D eigenvalue weighted by Gasteiger charge is -2.31. The minimum Gasteiger partial charge on any atom is -0.268 e. The van der Waals surface area contributed by atoms with E-state index >= 15 is 0 Å². The van der Waals surface area contributed by atoms with Crippen molar-refractivity contribution in [3.63, 3.8) is 0 Å². The van der Waals surface area contributed by atoms with Crippen LogP contribution < -0.4 is 4.31 Å². The van der Waals surface area contributed by atoms with Gasteiger partial charge in [0, 0.05) is 23.2 Å². The molecule has 2 aromatic rings. The van der Waals surface area contributed by atoms with Crippen molar-refractivity contribution in [3.05, 3.63) is 46.5 Å². The van der Waals surface area contributed by atoms with Crippen molar-refractivity contribution in [2.75, 3.05) is 11.4 Å². The van der Waals surface area contributed by atoms with Gasteiger partial charge in [-0.15, -0.1) is 0 Å². The van der Waals surface area contributed by atoms with Crippen LogP contribution in [0.1, 0.15) is 11.1 Å². The number of aryl methyl sites for hydroxylation is 2. The van der Waals surface area contributed by atoms with Gasteiger partial charge in [-0.25, -0.2) is 8.42 Å². The molecule has 2 aromatic carbocycles. The first kappa shape index (κ1) is 13.5. The Balaban J connectivity index is 2.53. The highest BCUT2D eigenvalue weighted by molar-refractivity contribution is 7.93. The molecule has 0 unspecified atom stereocenters. The molecule has 0 spiro atoms. The van der Waals surface area contributed by atoms with E-state index in [2.05, 4.69) is 0 Å². The first-order valence-corrected chi connectivity index (χ1v) is 8.05. The van der Waals surface area contributed by atoms with Gasteiger partial charge in [0.1, 0.15) is 0 Å². The Bertz CT molecular complexity index is 828. The summed E-state index contributed by atoms with van der Waals surface area (Å²) in [5.74, 6) is 0. The second kappa shape index (κ2) is 4.24. The number of anilines is 1. The molecule has 0 radical (unpaired) electrons. The Hall–Kier alpha value is -1.52. The number of sulfonamides is 1. The molecule has 0 bridgehead atoms. The van der Waals surface area contributed by atoms with Crippen LogP contribution in [0.3, 0.4) is 0 Å². The van der Waals surface area contributed by atoms with Crippen LogP contribution in [-0.4, -0.2) is 15.5 Å². The fraction of sp³-hybridized carbons (Fsp3) is 0.200. The van der Waals surface area contributed by atoms with Gasteiger partial charge < -0.3 is 0 Å². The molecule has 0 N–H and O–H groups in total. The quantitative estimate of drug-likeness (QED) is 0.743. The first-order valence-electron chi connectivity index (χ1n) is 6.23. The van der Waals surface area contributed by atoms with Gasteiger partial charge in [0.15, 0.2) is 0 Å². The molecular formula is C15H14ClNO2S.